The lowest BCUT2D eigenvalue weighted by molar-refractivity contribution is -0.141. The number of rotatable bonds is 6. The number of benzene rings is 3. The number of anilines is 1. The van der Waals surface area contributed by atoms with Gasteiger partial charge in [0.05, 0.1) is 11.6 Å². The second-order valence-electron chi connectivity index (χ2n) is 6.76. The van der Waals surface area contributed by atoms with E-state index < -0.39 is 11.9 Å². The first-order valence-corrected chi connectivity index (χ1v) is 8.95. The molecule has 0 aliphatic carbocycles. The van der Waals surface area contributed by atoms with E-state index in [-0.39, 0.29) is 11.8 Å². The predicted molar refractivity (Wildman–Crippen MR) is 105 cm³/mol. The van der Waals surface area contributed by atoms with E-state index in [0.717, 1.165) is 27.2 Å². The topological polar surface area (TPSA) is 66.4 Å². The maximum Gasteiger partial charge on any atom is 0.306 e. The van der Waals surface area contributed by atoms with Crippen LogP contribution in [0.15, 0.2) is 54.6 Å². The number of nitrogens with one attached hydrogen (secondary N) is 1. The molecule has 0 heterocycles. The summed E-state index contributed by atoms with van der Waals surface area (Å²) >= 11 is 0. The first-order chi connectivity index (χ1) is 12.5. The minimum Gasteiger partial charge on any atom is -0.481 e. The molecule has 2 atom stereocenters. The summed E-state index contributed by atoms with van der Waals surface area (Å²) in [5.74, 6) is -1.87. The molecule has 0 radical (unpaired) electrons. The number of fused-ring (bicyclic) bond motifs is 2. The van der Waals surface area contributed by atoms with Gasteiger partial charge in [-0.05, 0) is 29.7 Å². The first kappa shape index (κ1) is 17.9. The van der Waals surface area contributed by atoms with Gasteiger partial charge in [0.25, 0.3) is 0 Å². The SMILES string of the molecule is CCC(CC(C)C(=O)O)C(=O)Nc1c2ccccc2cc2ccccc12. The average Bonchev–Trinajstić information content (AvgIpc) is 2.65. The van der Waals surface area contributed by atoms with Gasteiger partial charge in [0.15, 0.2) is 0 Å². The zero-order valence-electron chi connectivity index (χ0n) is 15.0. The standard InChI is InChI=1S/C22H23NO3/c1-3-15(12-14(2)22(25)26)21(24)23-20-18-10-6-4-8-16(18)13-17-9-5-7-11-19(17)20/h4-11,13-15H,3,12H2,1-2H3,(H,23,24)(H,25,26). The third kappa shape index (κ3) is 3.54. The Morgan fingerprint density at radius 3 is 2.04 bits per heavy atom. The average molecular weight is 349 g/mol. The van der Waals surface area contributed by atoms with Gasteiger partial charge in [-0.15, -0.1) is 0 Å². The summed E-state index contributed by atoms with van der Waals surface area (Å²) in [4.78, 5) is 24.0. The summed E-state index contributed by atoms with van der Waals surface area (Å²) in [5, 5.41) is 16.3. The van der Waals surface area contributed by atoms with E-state index in [1.165, 1.54) is 0 Å². The second-order valence-corrected chi connectivity index (χ2v) is 6.76. The van der Waals surface area contributed by atoms with Gasteiger partial charge >= 0.3 is 5.97 Å². The minimum atomic E-state index is -0.869. The fourth-order valence-electron chi connectivity index (χ4n) is 3.36. The van der Waals surface area contributed by atoms with Crippen LogP contribution >= 0.6 is 0 Å². The molecule has 3 rings (SSSR count). The monoisotopic (exact) mass is 349 g/mol. The Bertz CT molecular complexity index is 910. The molecule has 4 heteroatoms. The molecule has 1 amide bonds. The van der Waals surface area contributed by atoms with E-state index in [2.05, 4.69) is 11.4 Å². The van der Waals surface area contributed by atoms with Crippen LogP contribution in [-0.2, 0) is 9.59 Å². The van der Waals surface area contributed by atoms with E-state index in [1.54, 1.807) is 6.92 Å². The summed E-state index contributed by atoms with van der Waals surface area (Å²) in [5.41, 5.74) is 0.796. The third-order valence-corrected chi connectivity index (χ3v) is 4.94. The summed E-state index contributed by atoms with van der Waals surface area (Å²) in [6, 6.07) is 18.0. The first-order valence-electron chi connectivity index (χ1n) is 8.95. The van der Waals surface area contributed by atoms with E-state index in [1.807, 2.05) is 55.5 Å². The van der Waals surface area contributed by atoms with Gasteiger partial charge < -0.3 is 10.4 Å². The van der Waals surface area contributed by atoms with Crippen molar-refractivity contribution in [2.75, 3.05) is 5.32 Å². The fraction of sp³-hybridized carbons (Fsp3) is 0.273. The summed E-state index contributed by atoms with van der Waals surface area (Å²) < 4.78 is 0. The number of carboxylic acids is 1. The number of carbonyl (C=O) groups excluding carboxylic acids is 1. The summed E-state index contributed by atoms with van der Waals surface area (Å²) in [7, 11) is 0. The van der Waals surface area contributed by atoms with Gasteiger partial charge in [0, 0.05) is 16.7 Å². The molecular weight excluding hydrogens is 326 g/mol. The number of hydrogen-bond acceptors (Lipinski definition) is 2. The fourth-order valence-corrected chi connectivity index (χ4v) is 3.36. The Labute approximate surface area is 152 Å². The van der Waals surface area contributed by atoms with Crippen molar-refractivity contribution in [3.05, 3.63) is 54.6 Å². The molecule has 0 aromatic heterocycles. The van der Waals surface area contributed by atoms with Crippen molar-refractivity contribution in [2.45, 2.75) is 26.7 Å². The molecule has 0 aliphatic rings. The smallest absolute Gasteiger partial charge is 0.306 e. The molecule has 0 spiro atoms. The molecule has 0 saturated heterocycles. The van der Waals surface area contributed by atoms with Crippen LogP contribution in [0, 0.1) is 11.8 Å². The van der Waals surface area contributed by atoms with Gasteiger partial charge in [-0.25, -0.2) is 0 Å². The van der Waals surface area contributed by atoms with E-state index >= 15 is 0 Å². The molecule has 3 aromatic carbocycles. The molecule has 2 N–H and O–H groups in total. The Balaban J connectivity index is 2.00. The van der Waals surface area contributed by atoms with Gasteiger partial charge in [-0.3, -0.25) is 9.59 Å². The Morgan fingerprint density at radius 1 is 1.00 bits per heavy atom. The van der Waals surface area contributed by atoms with Gasteiger partial charge in [0.1, 0.15) is 0 Å². The predicted octanol–water partition coefficient (Wildman–Crippen LogP) is 5.07. The highest BCUT2D eigenvalue weighted by Gasteiger charge is 2.24. The molecule has 0 fully saturated rings. The van der Waals surface area contributed by atoms with E-state index in [9.17, 15) is 9.59 Å². The molecular formula is C22H23NO3. The van der Waals surface area contributed by atoms with Crippen LogP contribution in [0.1, 0.15) is 26.7 Å². The molecule has 3 aromatic rings. The quantitative estimate of drug-likeness (QED) is 0.611. The Morgan fingerprint density at radius 2 is 1.54 bits per heavy atom. The molecule has 0 bridgehead atoms. The van der Waals surface area contributed by atoms with Crippen molar-refractivity contribution in [2.24, 2.45) is 11.8 Å². The van der Waals surface area contributed by atoms with E-state index in [0.29, 0.717) is 12.8 Å². The number of carbonyl (C=O) groups is 2. The highest BCUT2D eigenvalue weighted by molar-refractivity contribution is 6.15. The van der Waals surface area contributed by atoms with Gasteiger partial charge in [0.2, 0.25) is 5.91 Å². The number of amides is 1. The van der Waals surface area contributed by atoms with Crippen molar-refractivity contribution in [3.8, 4) is 0 Å². The van der Waals surface area contributed by atoms with Crippen LogP contribution in [0.5, 0.6) is 0 Å². The number of aliphatic carboxylic acids is 1. The van der Waals surface area contributed by atoms with Crippen LogP contribution in [0.3, 0.4) is 0 Å². The molecule has 134 valence electrons. The normalized spacial score (nSPS) is 13.5. The molecule has 26 heavy (non-hydrogen) atoms. The Hall–Kier alpha value is -2.88. The second kappa shape index (κ2) is 7.56. The van der Waals surface area contributed by atoms with Crippen molar-refractivity contribution in [1.82, 2.24) is 0 Å². The number of hydrogen-bond donors (Lipinski definition) is 2. The highest BCUT2D eigenvalue weighted by Crippen LogP contribution is 2.33. The number of carboxylic acid groups (broad SMARTS) is 1. The van der Waals surface area contributed by atoms with Crippen LogP contribution in [0.25, 0.3) is 21.5 Å². The van der Waals surface area contributed by atoms with Crippen molar-refractivity contribution < 1.29 is 14.7 Å². The van der Waals surface area contributed by atoms with Gasteiger partial charge in [-0.1, -0.05) is 62.4 Å². The van der Waals surface area contributed by atoms with E-state index in [4.69, 9.17) is 5.11 Å². The zero-order valence-corrected chi connectivity index (χ0v) is 15.0. The maximum atomic E-state index is 12.9. The van der Waals surface area contributed by atoms with Crippen molar-refractivity contribution >= 4 is 39.1 Å². The maximum absolute atomic E-state index is 12.9. The Kier molecular flexibility index (Phi) is 5.21. The molecule has 4 nitrogen and oxygen atoms in total. The highest BCUT2D eigenvalue weighted by atomic mass is 16.4. The lowest BCUT2D eigenvalue weighted by atomic mass is 9.92. The van der Waals surface area contributed by atoms with Crippen molar-refractivity contribution in [3.63, 3.8) is 0 Å². The minimum absolute atomic E-state index is 0.123. The summed E-state index contributed by atoms with van der Waals surface area (Å²) in [6.07, 6.45) is 0.937. The van der Waals surface area contributed by atoms with Crippen LogP contribution in [0.4, 0.5) is 5.69 Å². The van der Waals surface area contributed by atoms with Gasteiger partial charge in [-0.2, -0.15) is 0 Å². The lowest BCUT2D eigenvalue weighted by Crippen LogP contribution is -2.26. The van der Waals surface area contributed by atoms with Crippen LogP contribution < -0.4 is 5.32 Å². The largest absolute Gasteiger partial charge is 0.481 e. The molecule has 0 aliphatic heterocycles. The van der Waals surface area contributed by atoms with Crippen LogP contribution in [-0.4, -0.2) is 17.0 Å². The van der Waals surface area contributed by atoms with Crippen LogP contribution in [0.2, 0.25) is 0 Å². The summed E-state index contributed by atoms with van der Waals surface area (Å²) in [6.45, 7) is 3.56. The lowest BCUT2D eigenvalue weighted by Gasteiger charge is -2.19. The third-order valence-electron chi connectivity index (χ3n) is 4.94. The van der Waals surface area contributed by atoms with Crippen molar-refractivity contribution in [1.29, 1.82) is 0 Å². The molecule has 2 unspecified atom stereocenters. The molecule has 0 saturated carbocycles. The zero-order chi connectivity index (χ0) is 18.7.